The molecule has 0 saturated heterocycles. The quantitative estimate of drug-likeness (QED) is 0.0912. The Hall–Kier alpha value is -3.73. The number of alkyl halides is 2. The van der Waals surface area contributed by atoms with Gasteiger partial charge in [0, 0.05) is 67.9 Å². The number of benzene rings is 2. The fraction of sp³-hybridized carbons (Fsp3) is 0.259. The van der Waals surface area contributed by atoms with Crippen LogP contribution in [-0.4, -0.2) is 63.6 Å². The number of anilines is 2. The highest BCUT2D eigenvalue weighted by atomic mass is 35.5. The lowest BCUT2D eigenvalue weighted by atomic mass is 10.1. The number of rotatable bonds is 12. The number of carbonyl (C=O) groups is 2. The van der Waals surface area contributed by atoms with Crippen LogP contribution >= 0.6 is 35.6 Å². The number of halogens is 3. The molecule has 0 bridgehead atoms. The molecule has 6 N–H and O–H groups in total. The molecule has 2 amide bonds. The van der Waals surface area contributed by atoms with Crippen LogP contribution in [0.25, 0.3) is 22.6 Å². The third-order valence-electron chi connectivity index (χ3n) is 6.11. The first kappa shape index (κ1) is 30.8. The standard InChI is InChI=1S/C27H30Cl2N8O2.ClH/c1-36-16-19(33-27(39)17-3-2-4-20(13-17)37(11-8-28)12-9-29)15-23(36)25-34-21-6-5-18(14-22(21)35-25)26(38)32-10-7-24(30)31;/h2-6,13-16H,7-12H2,1H3,(H3,30,31)(H,32,38)(H,33,39)(H,34,35);1H. The van der Waals surface area contributed by atoms with Crippen molar-refractivity contribution >= 4 is 75.7 Å². The number of hydrogen-bond donors (Lipinski definition) is 5. The second-order valence-electron chi connectivity index (χ2n) is 8.94. The van der Waals surface area contributed by atoms with Crippen LogP contribution in [0.3, 0.4) is 0 Å². The SMILES string of the molecule is Cl.Cn1cc(NC(=O)c2cccc(N(CCCl)CCCl)c2)cc1-c1nc2ccc(C(=O)NCCC(=N)N)cc2[nH]1. The van der Waals surface area contributed by atoms with Crippen molar-refractivity contribution in [2.24, 2.45) is 12.8 Å². The Labute approximate surface area is 248 Å². The van der Waals surface area contributed by atoms with Gasteiger partial charge in [0.15, 0.2) is 5.82 Å². The van der Waals surface area contributed by atoms with E-state index in [0.717, 1.165) is 11.4 Å². The van der Waals surface area contributed by atoms with E-state index in [4.69, 9.17) is 34.3 Å². The summed E-state index contributed by atoms with van der Waals surface area (Å²) in [6, 6.07) is 14.4. The highest BCUT2D eigenvalue weighted by molar-refractivity contribution is 6.18. The Kier molecular flexibility index (Phi) is 10.8. The Morgan fingerprint density at radius 2 is 1.80 bits per heavy atom. The van der Waals surface area contributed by atoms with E-state index >= 15 is 0 Å². The smallest absolute Gasteiger partial charge is 0.255 e. The van der Waals surface area contributed by atoms with Crippen molar-refractivity contribution in [3.8, 4) is 11.5 Å². The molecule has 0 aliphatic heterocycles. The number of fused-ring (bicyclic) bond motifs is 1. The first-order valence-electron chi connectivity index (χ1n) is 12.3. The van der Waals surface area contributed by atoms with Crippen molar-refractivity contribution < 1.29 is 9.59 Å². The number of nitrogens with two attached hydrogens (primary N) is 1. The van der Waals surface area contributed by atoms with E-state index in [9.17, 15) is 9.59 Å². The minimum atomic E-state index is -0.254. The number of aryl methyl sites for hydroxylation is 1. The molecular weight excluding hydrogens is 575 g/mol. The molecule has 0 aliphatic carbocycles. The Balaban J connectivity index is 0.00000441. The normalized spacial score (nSPS) is 10.7. The molecule has 0 fully saturated rings. The predicted molar refractivity (Wildman–Crippen MR) is 165 cm³/mol. The number of H-pyrrole nitrogens is 1. The lowest BCUT2D eigenvalue weighted by Crippen LogP contribution is -2.27. The molecule has 4 rings (SSSR count). The zero-order chi connectivity index (χ0) is 27.9. The summed E-state index contributed by atoms with van der Waals surface area (Å²) in [6.07, 6.45) is 2.10. The molecule has 4 aromatic rings. The van der Waals surface area contributed by atoms with E-state index < -0.39 is 0 Å². The number of amides is 2. The molecule has 2 heterocycles. The van der Waals surface area contributed by atoms with Gasteiger partial charge in [0.05, 0.1) is 28.3 Å². The highest BCUT2D eigenvalue weighted by Gasteiger charge is 2.15. The maximum absolute atomic E-state index is 13.0. The summed E-state index contributed by atoms with van der Waals surface area (Å²) >= 11 is 11.9. The highest BCUT2D eigenvalue weighted by Crippen LogP contribution is 2.26. The summed E-state index contributed by atoms with van der Waals surface area (Å²) in [5, 5.41) is 13.0. The molecule has 0 aliphatic rings. The Morgan fingerprint density at radius 1 is 1.07 bits per heavy atom. The van der Waals surface area contributed by atoms with Crippen LogP contribution in [0.15, 0.2) is 54.7 Å². The van der Waals surface area contributed by atoms with E-state index in [2.05, 4.69) is 20.6 Å². The number of imidazole rings is 1. The molecular formula is C27H31Cl3N8O2. The maximum Gasteiger partial charge on any atom is 0.255 e. The zero-order valence-electron chi connectivity index (χ0n) is 21.8. The Morgan fingerprint density at radius 3 is 2.50 bits per heavy atom. The van der Waals surface area contributed by atoms with Crippen LogP contribution < -0.4 is 21.3 Å². The number of amidine groups is 1. The number of nitrogens with zero attached hydrogens (tertiary/aromatic N) is 3. The summed E-state index contributed by atoms with van der Waals surface area (Å²) in [5.74, 6) is 1.04. The maximum atomic E-state index is 13.0. The van der Waals surface area contributed by atoms with Crippen LogP contribution in [0.5, 0.6) is 0 Å². The molecule has 2 aromatic carbocycles. The van der Waals surface area contributed by atoms with Gasteiger partial charge in [0.2, 0.25) is 0 Å². The zero-order valence-corrected chi connectivity index (χ0v) is 24.2. The van der Waals surface area contributed by atoms with Gasteiger partial charge in [-0.05, 0) is 42.5 Å². The first-order chi connectivity index (χ1) is 18.8. The number of aromatic nitrogens is 3. The van der Waals surface area contributed by atoms with Crippen molar-refractivity contribution in [3.63, 3.8) is 0 Å². The van der Waals surface area contributed by atoms with Crippen molar-refractivity contribution in [3.05, 3.63) is 65.9 Å². The number of hydrogen-bond acceptors (Lipinski definition) is 5. The molecule has 40 heavy (non-hydrogen) atoms. The van der Waals surface area contributed by atoms with Crippen LogP contribution in [-0.2, 0) is 7.05 Å². The number of carbonyl (C=O) groups excluding carboxylic acids is 2. The van der Waals surface area contributed by atoms with Crippen molar-refractivity contribution in [1.82, 2.24) is 19.9 Å². The monoisotopic (exact) mass is 604 g/mol. The lowest BCUT2D eigenvalue weighted by molar-refractivity contribution is 0.0954. The van der Waals surface area contributed by atoms with Crippen molar-refractivity contribution in [2.75, 3.05) is 41.6 Å². The average Bonchev–Trinajstić information content (AvgIpc) is 3.50. The molecule has 0 radical (unpaired) electrons. The summed E-state index contributed by atoms with van der Waals surface area (Å²) in [5.41, 5.74) is 9.99. The molecule has 0 saturated carbocycles. The third kappa shape index (κ3) is 7.47. The number of nitrogens with one attached hydrogen (secondary N) is 4. The molecule has 0 spiro atoms. The van der Waals surface area contributed by atoms with Gasteiger partial charge < -0.3 is 30.8 Å². The van der Waals surface area contributed by atoms with Crippen LogP contribution in [0, 0.1) is 5.41 Å². The van der Waals surface area contributed by atoms with Gasteiger partial charge in [-0.15, -0.1) is 35.6 Å². The topological polar surface area (TPSA) is 145 Å². The van der Waals surface area contributed by atoms with Gasteiger partial charge in [-0.25, -0.2) is 4.98 Å². The molecule has 2 aromatic heterocycles. The molecule has 13 heteroatoms. The fourth-order valence-electron chi connectivity index (χ4n) is 4.17. The second kappa shape index (κ2) is 14.1. The minimum Gasteiger partial charge on any atom is -0.388 e. The van der Waals surface area contributed by atoms with Gasteiger partial charge in [0.1, 0.15) is 0 Å². The largest absolute Gasteiger partial charge is 0.388 e. The van der Waals surface area contributed by atoms with Crippen molar-refractivity contribution in [1.29, 1.82) is 5.41 Å². The van der Waals surface area contributed by atoms with Gasteiger partial charge in [0.25, 0.3) is 11.8 Å². The summed E-state index contributed by atoms with van der Waals surface area (Å²) < 4.78 is 1.86. The van der Waals surface area contributed by atoms with Gasteiger partial charge in [-0.2, -0.15) is 0 Å². The summed E-state index contributed by atoms with van der Waals surface area (Å²) in [7, 11) is 1.86. The van der Waals surface area contributed by atoms with Gasteiger partial charge >= 0.3 is 0 Å². The predicted octanol–water partition coefficient (Wildman–Crippen LogP) is 4.58. The van der Waals surface area contributed by atoms with Crippen molar-refractivity contribution in [2.45, 2.75) is 6.42 Å². The molecule has 10 nitrogen and oxygen atoms in total. The van der Waals surface area contributed by atoms with Crippen LogP contribution in [0.2, 0.25) is 0 Å². The Bertz CT molecular complexity index is 1490. The fourth-order valence-corrected chi connectivity index (χ4v) is 4.58. The third-order valence-corrected chi connectivity index (χ3v) is 6.45. The molecule has 0 unspecified atom stereocenters. The van der Waals surface area contributed by atoms with E-state index in [1.807, 2.05) is 47.0 Å². The van der Waals surface area contributed by atoms with E-state index in [0.29, 0.717) is 71.5 Å². The van der Waals surface area contributed by atoms with E-state index in [1.54, 1.807) is 24.3 Å². The minimum absolute atomic E-state index is 0. The van der Waals surface area contributed by atoms with Crippen LogP contribution in [0.4, 0.5) is 11.4 Å². The summed E-state index contributed by atoms with van der Waals surface area (Å²) in [4.78, 5) is 35.4. The number of aromatic amines is 1. The first-order valence-corrected chi connectivity index (χ1v) is 13.4. The van der Waals surface area contributed by atoms with Gasteiger partial charge in [-0.1, -0.05) is 6.07 Å². The van der Waals surface area contributed by atoms with E-state index in [1.165, 1.54) is 0 Å². The van der Waals surface area contributed by atoms with E-state index in [-0.39, 0.29) is 30.1 Å². The molecule has 212 valence electrons. The summed E-state index contributed by atoms with van der Waals surface area (Å²) in [6.45, 7) is 1.55. The van der Waals surface area contributed by atoms with Gasteiger partial charge in [-0.3, -0.25) is 15.0 Å². The molecule has 0 atom stereocenters. The lowest BCUT2D eigenvalue weighted by Gasteiger charge is -2.23. The second-order valence-corrected chi connectivity index (χ2v) is 9.70. The van der Waals surface area contributed by atoms with Crippen LogP contribution in [0.1, 0.15) is 27.1 Å². The average molecular weight is 606 g/mol.